The van der Waals surface area contributed by atoms with E-state index in [9.17, 15) is 0 Å². The Morgan fingerprint density at radius 3 is 0.211 bits per heavy atom. The van der Waals surface area contributed by atoms with Gasteiger partial charge in [0.15, 0.2) is 0 Å². The van der Waals surface area contributed by atoms with Gasteiger partial charge in [-0.25, -0.2) is 0 Å². The molecule has 0 aliphatic carbocycles. The first-order valence-electron chi connectivity index (χ1n) is 0. The van der Waals surface area contributed by atoms with E-state index >= 15 is 0 Å². The summed E-state index contributed by atoms with van der Waals surface area (Å²) in [4.78, 5) is 0. The van der Waals surface area contributed by atoms with Gasteiger partial charge in [0.1, 0.15) is 0 Å². The van der Waals surface area contributed by atoms with Crippen molar-refractivity contribution in [3.63, 3.8) is 0 Å². The summed E-state index contributed by atoms with van der Waals surface area (Å²) in [5, 5.41) is 0. The molecule has 0 aromatic rings. The molecule has 0 aromatic heterocycles. The number of rotatable bonds is 0. The normalized spacial score (nSPS) is 0. The van der Waals surface area contributed by atoms with Crippen LogP contribution in [0.3, 0.4) is 0 Å². The van der Waals surface area contributed by atoms with Crippen LogP contribution in [0.5, 0.6) is 0 Å². The number of hydrogen-bond acceptors (Lipinski definition) is 0. The molecule has 0 aromatic carbocycles. The van der Waals surface area contributed by atoms with Crippen molar-refractivity contribution in [1.29, 1.82) is 0 Å². The minimum atomic E-state index is 0. The zero-order valence-electron chi connectivity index (χ0n) is 13.9. The molecule has 144 valence electrons. The summed E-state index contributed by atoms with van der Waals surface area (Å²) in [7, 11) is 0. The molecule has 17 nitrogen and oxygen atoms in total. The second kappa shape index (κ2) is 2490. The van der Waals surface area contributed by atoms with Gasteiger partial charge < -0.3 is 98.8 Å². The average Bonchev–Trinajstić information content (AvgIpc) is 0. The van der Waals surface area contributed by atoms with Gasteiger partial charge in [0.2, 0.25) is 0 Å². The minimum absolute atomic E-state index is 0. The first-order chi connectivity index (χ1) is 0. The van der Waals surface area contributed by atoms with Crippen molar-refractivity contribution in [1.82, 2.24) is 0 Å². The molecule has 0 unspecified atom stereocenters. The van der Waals surface area contributed by atoms with Gasteiger partial charge in [-0.1, -0.05) is 0 Å². The monoisotopic (exact) mass is 472 g/mol. The Hall–Kier alpha value is 1.66. The summed E-state index contributed by atoms with van der Waals surface area (Å²) in [6.45, 7) is 0. The minimum Gasteiger partial charge on any atom is -1.00 e. The third kappa shape index (κ3) is 2230. The molecule has 0 heterocycles. The van der Waals surface area contributed by atoms with E-state index in [1.807, 2.05) is 0 Å². The maximum atomic E-state index is 0. The fourth-order valence-electron chi connectivity index (χ4n) is 0. The Morgan fingerprint density at radius 2 is 0.211 bits per heavy atom. The van der Waals surface area contributed by atoms with Crippen LogP contribution in [-0.2, 0) is 0 Å². The second-order valence-electron chi connectivity index (χ2n) is 0. The first-order valence-corrected chi connectivity index (χ1v) is 0. The van der Waals surface area contributed by atoms with Crippen LogP contribution in [0.25, 0.3) is 0 Å². The van der Waals surface area contributed by atoms with Crippen molar-refractivity contribution in [2.24, 2.45) is 0 Å². The second-order valence-corrected chi connectivity index (χ2v) is 0. The molecule has 0 atom stereocenters. The molecule has 0 rings (SSSR count). The molecule has 0 saturated carbocycles. The molecule has 34 N–H and O–H groups in total. The Balaban J connectivity index is 0. The topological polar surface area (TPSA) is 536 Å². The molecule has 19 heteroatoms. The summed E-state index contributed by atoms with van der Waals surface area (Å²) >= 11 is 0. The zero-order chi connectivity index (χ0) is 0. The van der Waals surface area contributed by atoms with Crippen LogP contribution in [0, 0.1) is 0 Å². The van der Waals surface area contributed by atoms with Gasteiger partial charge in [0, 0.05) is 0 Å². The fraction of sp³-hybridized carbons (Fsp3) is 0. The smallest absolute Gasteiger partial charge is 1.00 e. The third-order valence-electron chi connectivity index (χ3n) is 0. The van der Waals surface area contributed by atoms with E-state index in [4.69, 9.17) is 0 Å². The largest absolute Gasteiger partial charge is 2.00 e. The van der Waals surface area contributed by atoms with E-state index in [2.05, 4.69) is 0 Å². The van der Waals surface area contributed by atoms with Crippen LogP contribution in [0.4, 0.5) is 0 Å². The summed E-state index contributed by atoms with van der Waals surface area (Å²) in [6, 6.07) is 0. The first kappa shape index (κ1) is 2910. The average molecular weight is 472 g/mol. The molecule has 0 aliphatic rings. The van der Waals surface area contributed by atoms with Gasteiger partial charge >= 0.3 is 71.9 Å². The molecule has 0 aliphatic heterocycles. The van der Waals surface area contributed by atoms with Gasteiger partial charge in [0.05, 0.1) is 0 Å². The van der Waals surface area contributed by atoms with Gasteiger partial charge in [-0.2, -0.15) is 0 Å². The molecule has 0 saturated heterocycles. The van der Waals surface area contributed by atoms with Crippen molar-refractivity contribution in [3.05, 3.63) is 0 Å². The van der Waals surface area contributed by atoms with Gasteiger partial charge in [-0.05, 0) is 0 Å². The molecular formula is H38BaMgO17. The molecule has 0 amide bonds. The van der Waals surface area contributed by atoms with Gasteiger partial charge in [-0.15, -0.1) is 0 Å². The van der Waals surface area contributed by atoms with Crippen molar-refractivity contribution < 1.29 is 98.8 Å². The maximum Gasteiger partial charge on any atom is 2.00 e. The van der Waals surface area contributed by atoms with E-state index in [0.717, 1.165) is 0 Å². The SMILES string of the molecule is O.O.O.O.O.O.O.O.O.O.O.O.O.O.O.O.O.[Ba+2].[H-].[H-].[H-].[H-].[Mg+2]. The van der Waals surface area contributed by atoms with Crippen molar-refractivity contribution in [3.8, 4) is 0 Å². The maximum absolute atomic E-state index is 0. The predicted molar refractivity (Wildman–Crippen MR) is 77.4 cm³/mol. The molecule has 0 fully saturated rings. The zero-order valence-corrected chi connectivity index (χ0v) is 15.8. The Bertz CT molecular complexity index is 26.6. The van der Waals surface area contributed by atoms with Crippen LogP contribution < -0.4 is 0 Å². The van der Waals surface area contributed by atoms with E-state index in [-0.39, 0.29) is 171 Å². The van der Waals surface area contributed by atoms with E-state index in [0.29, 0.717) is 0 Å². The molecular weight excluding hydrogens is 434 g/mol. The van der Waals surface area contributed by atoms with Crippen LogP contribution in [-0.4, -0.2) is 165 Å². The van der Waals surface area contributed by atoms with Crippen molar-refractivity contribution >= 4 is 71.9 Å². The molecule has 0 spiro atoms. The summed E-state index contributed by atoms with van der Waals surface area (Å²) in [5.41, 5.74) is 0. The van der Waals surface area contributed by atoms with Crippen LogP contribution in [0.15, 0.2) is 0 Å². The summed E-state index contributed by atoms with van der Waals surface area (Å²) in [6.07, 6.45) is 0. The standard InChI is InChI=1S/Ba.Mg.17H2O.4H/h;;17*1H2;;;;/q2*+2;;;;;;;;;;;;;;;;;;4*-1. The van der Waals surface area contributed by atoms with E-state index in [1.54, 1.807) is 0 Å². The summed E-state index contributed by atoms with van der Waals surface area (Å²) in [5.74, 6) is 0. The van der Waals surface area contributed by atoms with E-state index in [1.165, 1.54) is 0 Å². The Morgan fingerprint density at radius 1 is 0.211 bits per heavy atom. The molecule has 0 radical (unpaired) electrons. The predicted octanol–water partition coefficient (Wildman–Crippen LogP) is -14.3. The quantitative estimate of drug-likeness (QED) is 0.296. The van der Waals surface area contributed by atoms with Gasteiger partial charge in [0.25, 0.3) is 0 Å². The van der Waals surface area contributed by atoms with Gasteiger partial charge in [-0.3, -0.25) is 0 Å². The number of hydrogen-bond donors (Lipinski definition) is 0. The van der Waals surface area contributed by atoms with E-state index < -0.39 is 0 Å². The molecule has 0 bridgehead atoms. The van der Waals surface area contributed by atoms with Crippen LogP contribution in [0.1, 0.15) is 5.71 Å². The van der Waals surface area contributed by atoms with Crippen LogP contribution in [0.2, 0.25) is 0 Å². The molecule has 19 heavy (non-hydrogen) atoms. The van der Waals surface area contributed by atoms with Crippen molar-refractivity contribution in [2.45, 2.75) is 0 Å². The Labute approximate surface area is 169 Å². The fourth-order valence-corrected chi connectivity index (χ4v) is 0. The third-order valence-corrected chi connectivity index (χ3v) is 0. The van der Waals surface area contributed by atoms with Crippen LogP contribution >= 0.6 is 0 Å². The summed E-state index contributed by atoms with van der Waals surface area (Å²) < 4.78 is 0. The van der Waals surface area contributed by atoms with Crippen molar-refractivity contribution in [2.75, 3.05) is 0 Å². The Kier molecular flexibility index (Phi) is 381000.